The van der Waals surface area contributed by atoms with Crippen LogP contribution in [0.5, 0.6) is 0 Å². The summed E-state index contributed by atoms with van der Waals surface area (Å²) in [5.74, 6) is 0. The van der Waals surface area contributed by atoms with Crippen LogP contribution in [0.2, 0.25) is 0 Å². The van der Waals surface area contributed by atoms with Gasteiger partial charge < -0.3 is 20.8 Å². The second-order valence-corrected chi connectivity index (χ2v) is 6.59. The van der Waals surface area contributed by atoms with E-state index in [4.69, 9.17) is 20.8 Å². The van der Waals surface area contributed by atoms with Crippen molar-refractivity contribution in [1.29, 1.82) is 0 Å². The van der Waals surface area contributed by atoms with Crippen molar-refractivity contribution in [3.63, 3.8) is 0 Å². The zero-order valence-electron chi connectivity index (χ0n) is 13.6. The first-order chi connectivity index (χ1) is 9.68. The Labute approximate surface area is 127 Å². The van der Waals surface area contributed by atoms with Crippen molar-refractivity contribution < 1.29 is 9.31 Å². The number of nitrogen functional groups attached to an aromatic ring is 1. The number of hydrogen-bond donors (Lipinski definition) is 2. The second kappa shape index (κ2) is 5.48. The van der Waals surface area contributed by atoms with E-state index in [1.807, 2.05) is 58.9 Å². The third kappa shape index (κ3) is 3.00. The summed E-state index contributed by atoms with van der Waals surface area (Å²) in [4.78, 5) is 0. The highest BCUT2D eigenvalue weighted by Crippen LogP contribution is 2.38. The third-order valence-corrected chi connectivity index (χ3v) is 4.48. The highest BCUT2D eigenvalue weighted by Gasteiger charge is 2.52. The molecule has 0 aliphatic carbocycles. The first-order valence-electron chi connectivity index (χ1n) is 7.29. The highest BCUT2D eigenvalue weighted by molar-refractivity contribution is 6.56. The summed E-state index contributed by atoms with van der Waals surface area (Å²) in [7, 11) is -0.431. The summed E-state index contributed by atoms with van der Waals surface area (Å²) in [6, 6.07) is 5.86. The van der Waals surface area contributed by atoms with Crippen molar-refractivity contribution >= 4 is 18.9 Å². The Balaban J connectivity index is 2.36. The van der Waals surface area contributed by atoms with Crippen LogP contribution in [0.15, 0.2) is 23.7 Å². The maximum atomic E-state index is 6.06. The lowest BCUT2D eigenvalue weighted by Gasteiger charge is -2.32. The fraction of sp³-hybridized carbons (Fsp3) is 0.500. The van der Waals surface area contributed by atoms with E-state index in [2.05, 4.69) is 0 Å². The lowest BCUT2D eigenvalue weighted by Crippen LogP contribution is -2.41. The molecule has 0 unspecified atom stereocenters. The Kier molecular flexibility index (Phi) is 4.20. The maximum Gasteiger partial charge on any atom is 0.491 e. The molecule has 1 saturated heterocycles. The molecule has 0 aromatic heterocycles. The molecule has 0 atom stereocenters. The Morgan fingerprint density at radius 3 is 2.24 bits per heavy atom. The SMILES string of the molecule is Cc1cccc(N)c1C=C(CN)B1OC(C)(C)C(C)(C)O1. The molecule has 2 rings (SSSR count). The van der Waals surface area contributed by atoms with Crippen molar-refractivity contribution in [2.24, 2.45) is 5.73 Å². The minimum absolute atomic E-state index is 0.366. The lowest BCUT2D eigenvalue weighted by atomic mass is 9.76. The molecular formula is C16H25BN2O2. The fourth-order valence-corrected chi connectivity index (χ4v) is 2.30. The number of benzene rings is 1. The summed E-state index contributed by atoms with van der Waals surface area (Å²) in [6.45, 7) is 10.5. The predicted octanol–water partition coefficient (Wildman–Crippen LogP) is 2.55. The van der Waals surface area contributed by atoms with E-state index < -0.39 is 7.12 Å². The van der Waals surface area contributed by atoms with Crippen molar-refractivity contribution in [1.82, 2.24) is 0 Å². The number of nitrogens with two attached hydrogens (primary N) is 2. The third-order valence-electron chi connectivity index (χ3n) is 4.48. The monoisotopic (exact) mass is 288 g/mol. The van der Waals surface area contributed by atoms with Crippen LogP contribution in [0, 0.1) is 6.92 Å². The van der Waals surface area contributed by atoms with Gasteiger partial charge in [-0.15, -0.1) is 0 Å². The molecule has 1 fully saturated rings. The summed E-state index contributed by atoms with van der Waals surface area (Å²) in [5, 5.41) is 0. The van der Waals surface area contributed by atoms with E-state index in [-0.39, 0.29) is 11.2 Å². The zero-order chi connectivity index (χ0) is 15.8. The van der Waals surface area contributed by atoms with Crippen molar-refractivity contribution in [2.75, 3.05) is 12.3 Å². The van der Waals surface area contributed by atoms with Crippen molar-refractivity contribution in [3.8, 4) is 0 Å². The standard InChI is InChI=1S/C16H25BN2O2/c1-11-7-6-8-14(19)13(11)9-12(10-18)17-20-15(2,3)16(4,5)21-17/h6-9H,10,18-19H2,1-5H3. The number of anilines is 1. The molecule has 1 aromatic carbocycles. The minimum atomic E-state index is -0.431. The topological polar surface area (TPSA) is 70.5 Å². The predicted molar refractivity (Wildman–Crippen MR) is 88.7 cm³/mol. The Hall–Kier alpha value is -1.30. The molecule has 0 bridgehead atoms. The number of rotatable bonds is 3. The van der Waals surface area contributed by atoms with Gasteiger partial charge in [0, 0.05) is 12.2 Å². The molecular weight excluding hydrogens is 263 g/mol. The van der Waals surface area contributed by atoms with Crippen LogP contribution in [0.25, 0.3) is 6.08 Å². The van der Waals surface area contributed by atoms with Crippen molar-refractivity contribution in [3.05, 3.63) is 34.8 Å². The van der Waals surface area contributed by atoms with Gasteiger partial charge in [-0.3, -0.25) is 0 Å². The largest absolute Gasteiger partial charge is 0.491 e. The molecule has 0 amide bonds. The van der Waals surface area contributed by atoms with Crippen LogP contribution < -0.4 is 11.5 Å². The van der Waals surface area contributed by atoms with Gasteiger partial charge in [-0.05, 0) is 57.3 Å². The number of hydrogen-bond acceptors (Lipinski definition) is 4. The van der Waals surface area contributed by atoms with Gasteiger partial charge in [0.25, 0.3) is 0 Å². The van der Waals surface area contributed by atoms with Gasteiger partial charge in [0.2, 0.25) is 0 Å². The van der Waals surface area contributed by atoms with Crippen LogP contribution in [0.4, 0.5) is 5.69 Å². The quantitative estimate of drug-likeness (QED) is 0.662. The van der Waals surface area contributed by atoms with E-state index in [0.29, 0.717) is 6.54 Å². The van der Waals surface area contributed by atoms with Gasteiger partial charge in [0.1, 0.15) is 0 Å². The summed E-state index contributed by atoms with van der Waals surface area (Å²) in [6.07, 6.45) is 1.99. The smallest absolute Gasteiger partial charge is 0.400 e. The van der Waals surface area contributed by atoms with E-state index in [0.717, 1.165) is 22.3 Å². The molecule has 114 valence electrons. The van der Waals surface area contributed by atoms with E-state index in [9.17, 15) is 0 Å². The molecule has 0 saturated carbocycles. The van der Waals surface area contributed by atoms with Crippen LogP contribution in [0.3, 0.4) is 0 Å². The van der Waals surface area contributed by atoms with Crippen molar-refractivity contribution in [2.45, 2.75) is 45.8 Å². The lowest BCUT2D eigenvalue weighted by molar-refractivity contribution is 0.00578. The summed E-state index contributed by atoms with van der Waals surface area (Å²) in [5.41, 5.74) is 14.9. The first kappa shape index (κ1) is 16.1. The summed E-state index contributed by atoms with van der Waals surface area (Å²) < 4.78 is 12.1. The molecule has 1 aromatic rings. The highest BCUT2D eigenvalue weighted by atomic mass is 16.7. The molecule has 1 heterocycles. The Bertz CT molecular complexity index is 531. The van der Waals surface area contributed by atoms with Gasteiger partial charge in [0.15, 0.2) is 0 Å². The average molecular weight is 288 g/mol. The molecule has 1 aliphatic rings. The van der Waals surface area contributed by atoms with Gasteiger partial charge in [-0.1, -0.05) is 18.2 Å². The van der Waals surface area contributed by atoms with Crippen LogP contribution in [-0.4, -0.2) is 24.9 Å². The van der Waals surface area contributed by atoms with E-state index in [1.165, 1.54) is 0 Å². The first-order valence-corrected chi connectivity index (χ1v) is 7.29. The average Bonchev–Trinajstić information content (AvgIpc) is 2.58. The van der Waals surface area contributed by atoms with E-state index in [1.54, 1.807) is 0 Å². The molecule has 4 N–H and O–H groups in total. The van der Waals surface area contributed by atoms with E-state index >= 15 is 0 Å². The van der Waals surface area contributed by atoms with Crippen LogP contribution in [-0.2, 0) is 9.31 Å². The van der Waals surface area contributed by atoms with Gasteiger partial charge in [-0.2, -0.15) is 0 Å². The summed E-state index contributed by atoms with van der Waals surface area (Å²) >= 11 is 0. The molecule has 5 heteroatoms. The second-order valence-electron chi connectivity index (χ2n) is 6.59. The molecule has 0 spiro atoms. The number of aryl methyl sites for hydroxylation is 1. The Morgan fingerprint density at radius 1 is 1.19 bits per heavy atom. The van der Waals surface area contributed by atoms with Gasteiger partial charge in [-0.25, -0.2) is 0 Å². The van der Waals surface area contributed by atoms with Gasteiger partial charge in [0.05, 0.1) is 11.2 Å². The molecule has 4 nitrogen and oxygen atoms in total. The molecule has 1 aliphatic heterocycles. The maximum absolute atomic E-state index is 6.06. The Morgan fingerprint density at radius 2 is 1.76 bits per heavy atom. The van der Waals surface area contributed by atoms with Gasteiger partial charge >= 0.3 is 7.12 Å². The van der Waals surface area contributed by atoms with Crippen LogP contribution in [0.1, 0.15) is 38.8 Å². The van der Waals surface area contributed by atoms with Crippen LogP contribution >= 0.6 is 0 Å². The minimum Gasteiger partial charge on any atom is -0.400 e. The molecule has 0 radical (unpaired) electrons. The zero-order valence-corrected chi connectivity index (χ0v) is 13.6. The fourth-order valence-electron chi connectivity index (χ4n) is 2.30. The molecule has 21 heavy (non-hydrogen) atoms. The normalized spacial score (nSPS) is 20.9.